The van der Waals surface area contributed by atoms with Crippen molar-refractivity contribution in [2.24, 2.45) is 50.2 Å². The molecular weight excluding hydrogens is 480 g/mol. The fourth-order valence-electron chi connectivity index (χ4n) is 12.6. The van der Waals surface area contributed by atoms with Gasteiger partial charge in [0, 0.05) is 18.3 Å². The average molecular weight is 533 g/mol. The lowest BCUT2D eigenvalue weighted by atomic mass is 9.30. The molecule has 12 atom stereocenters. The Labute approximate surface area is 229 Å². The van der Waals surface area contributed by atoms with E-state index in [1.54, 1.807) is 0 Å². The van der Waals surface area contributed by atoms with Gasteiger partial charge in [0.05, 0.1) is 23.2 Å². The van der Waals surface area contributed by atoms with Crippen LogP contribution in [-0.4, -0.2) is 51.5 Å². The number of rotatable bonds is 1. The van der Waals surface area contributed by atoms with Crippen LogP contribution in [0.15, 0.2) is 0 Å². The molecule has 6 heteroatoms. The van der Waals surface area contributed by atoms with Crippen LogP contribution in [-0.2, 0) is 14.3 Å². The van der Waals surface area contributed by atoms with Crippen LogP contribution < -0.4 is 0 Å². The predicted molar refractivity (Wildman–Crippen MR) is 144 cm³/mol. The number of esters is 1. The SMILES string of the molecule is CC(=O)O[C@H]1CC(C)(C)C[C@@H]2[C@]13C(O)O[C@@]21CC[C@@H]2[C@@]4(C)CC[C@H](O)C(C)(C)[C@@H]4CC[C@@]2(C)[C@]1(C)C[C@H]3O. The van der Waals surface area contributed by atoms with Gasteiger partial charge in [-0.2, -0.15) is 0 Å². The Bertz CT molecular complexity index is 1020. The highest BCUT2D eigenvalue weighted by Gasteiger charge is 2.84. The minimum atomic E-state index is -1.15. The molecule has 0 radical (unpaired) electrons. The van der Waals surface area contributed by atoms with Crippen LogP contribution in [0.2, 0.25) is 0 Å². The van der Waals surface area contributed by atoms with Gasteiger partial charge in [-0.1, -0.05) is 48.5 Å². The molecule has 2 bridgehead atoms. The minimum Gasteiger partial charge on any atom is -0.462 e. The van der Waals surface area contributed by atoms with E-state index in [-0.39, 0.29) is 45.1 Å². The summed E-state index contributed by atoms with van der Waals surface area (Å²) in [5.74, 6) is 0.468. The summed E-state index contributed by atoms with van der Waals surface area (Å²) in [6, 6.07) is 0. The highest BCUT2D eigenvalue weighted by atomic mass is 16.6. The molecule has 38 heavy (non-hydrogen) atoms. The largest absolute Gasteiger partial charge is 0.462 e. The number of ether oxygens (including phenoxy) is 2. The van der Waals surface area contributed by atoms with Gasteiger partial charge in [0.15, 0.2) is 6.29 Å². The zero-order valence-corrected chi connectivity index (χ0v) is 25.0. The molecule has 3 N–H and O–H groups in total. The fraction of sp³-hybridized carbons (Fsp3) is 0.969. The summed E-state index contributed by atoms with van der Waals surface area (Å²) in [7, 11) is 0. The van der Waals surface area contributed by atoms with E-state index in [0.717, 1.165) is 44.9 Å². The molecule has 1 saturated heterocycles. The summed E-state index contributed by atoms with van der Waals surface area (Å²) >= 11 is 0. The van der Waals surface area contributed by atoms with Crippen LogP contribution in [0.25, 0.3) is 0 Å². The molecule has 0 aromatic rings. The lowest BCUT2D eigenvalue weighted by Crippen LogP contribution is -2.75. The van der Waals surface area contributed by atoms with Crippen molar-refractivity contribution in [3.05, 3.63) is 0 Å². The number of aliphatic hydroxyl groups is 3. The molecule has 1 spiro atoms. The summed E-state index contributed by atoms with van der Waals surface area (Å²) in [5, 5.41) is 34.9. The number of hydrogen-bond donors (Lipinski definition) is 3. The van der Waals surface area contributed by atoms with Crippen molar-refractivity contribution in [1.82, 2.24) is 0 Å². The summed E-state index contributed by atoms with van der Waals surface area (Å²) < 4.78 is 12.9. The van der Waals surface area contributed by atoms with Gasteiger partial charge in [-0.15, -0.1) is 0 Å². The van der Waals surface area contributed by atoms with Crippen molar-refractivity contribution in [3.63, 3.8) is 0 Å². The first kappa shape index (κ1) is 27.5. The molecule has 1 heterocycles. The molecule has 1 aliphatic heterocycles. The zero-order valence-electron chi connectivity index (χ0n) is 25.0. The first-order chi connectivity index (χ1) is 17.4. The highest BCUT2D eigenvalue weighted by molar-refractivity contribution is 5.66. The van der Waals surface area contributed by atoms with E-state index in [1.807, 2.05) is 0 Å². The molecular formula is C32H52O6. The van der Waals surface area contributed by atoms with E-state index in [1.165, 1.54) is 6.92 Å². The Morgan fingerprint density at radius 2 is 1.45 bits per heavy atom. The first-order valence-electron chi connectivity index (χ1n) is 15.3. The van der Waals surface area contributed by atoms with E-state index >= 15 is 0 Å². The van der Waals surface area contributed by atoms with Crippen molar-refractivity contribution in [2.45, 2.75) is 143 Å². The molecule has 1 unspecified atom stereocenters. The van der Waals surface area contributed by atoms with Crippen molar-refractivity contribution < 1.29 is 29.6 Å². The van der Waals surface area contributed by atoms with E-state index in [9.17, 15) is 20.1 Å². The maximum absolute atomic E-state index is 12.3. The Morgan fingerprint density at radius 1 is 0.789 bits per heavy atom. The van der Waals surface area contributed by atoms with Crippen molar-refractivity contribution in [3.8, 4) is 0 Å². The van der Waals surface area contributed by atoms with E-state index in [4.69, 9.17) is 9.47 Å². The van der Waals surface area contributed by atoms with Gasteiger partial charge in [0.25, 0.3) is 0 Å². The van der Waals surface area contributed by atoms with Gasteiger partial charge < -0.3 is 24.8 Å². The van der Waals surface area contributed by atoms with Crippen LogP contribution in [0, 0.1) is 50.2 Å². The molecule has 6 fully saturated rings. The number of carbonyl (C=O) groups is 1. The Hall–Kier alpha value is -0.690. The maximum atomic E-state index is 12.3. The van der Waals surface area contributed by atoms with Gasteiger partial charge in [0.2, 0.25) is 0 Å². The van der Waals surface area contributed by atoms with E-state index in [0.29, 0.717) is 24.7 Å². The Morgan fingerprint density at radius 3 is 2.11 bits per heavy atom. The van der Waals surface area contributed by atoms with Crippen molar-refractivity contribution in [1.29, 1.82) is 0 Å². The lowest BCUT2D eigenvalue weighted by Gasteiger charge is -2.75. The fourth-order valence-corrected chi connectivity index (χ4v) is 12.6. The Balaban J connectivity index is 1.48. The van der Waals surface area contributed by atoms with Crippen molar-refractivity contribution in [2.75, 3.05) is 0 Å². The third kappa shape index (κ3) is 2.92. The second kappa shape index (κ2) is 7.77. The average Bonchev–Trinajstić information content (AvgIpc) is 2.98. The Kier molecular flexibility index (Phi) is 5.62. The molecule has 6 nitrogen and oxygen atoms in total. The first-order valence-corrected chi connectivity index (χ1v) is 15.3. The summed E-state index contributed by atoms with van der Waals surface area (Å²) in [6.07, 6.45) is 5.08. The van der Waals surface area contributed by atoms with Gasteiger partial charge >= 0.3 is 5.97 Å². The highest BCUT2D eigenvalue weighted by Crippen LogP contribution is 2.81. The molecule has 0 aromatic heterocycles. The van der Waals surface area contributed by atoms with Gasteiger partial charge in [-0.05, 0) is 91.3 Å². The monoisotopic (exact) mass is 532 g/mol. The van der Waals surface area contributed by atoms with Crippen LogP contribution >= 0.6 is 0 Å². The van der Waals surface area contributed by atoms with Crippen molar-refractivity contribution >= 4 is 5.97 Å². The maximum Gasteiger partial charge on any atom is 0.302 e. The summed E-state index contributed by atoms with van der Waals surface area (Å²) in [4.78, 5) is 12.3. The van der Waals surface area contributed by atoms with Crippen LogP contribution in [0.1, 0.15) is 113 Å². The number of carbonyl (C=O) groups excluding carboxylic acids is 1. The third-order valence-corrected chi connectivity index (χ3v) is 14.5. The second-order valence-corrected chi connectivity index (χ2v) is 16.6. The predicted octanol–water partition coefficient (Wildman–Crippen LogP) is 5.21. The number of fused-ring (bicyclic) bond motifs is 4. The molecule has 6 rings (SSSR count). The van der Waals surface area contributed by atoms with E-state index < -0.39 is 29.5 Å². The zero-order chi connectivity index (χ0) is 27.9. The standard InChI is InChI=1S/C32H52O6/c1-18(33)37-24-17-26(2,3)15-21-31-14-10-20-28(6)12-11-22(34)27(4,5)19(28)9-13-29(20,7)30(31,8)16-23(35)32(21,24)25(36)38-31/h19-25,34-36H,9-17H2,1-8H3/t19-,20+,21-,22-,23+,24-,25?,28-,29+,30-,31-,32+/m0/s1. The molecule has 5 aliphatic carbocycles. The van der Waals surface area contributed by atoms with Gasteiger partial charge in [-0.25, -0.2) is 0 Å². The topological polar surface area (TPSA) is 96.2 Å². The summed E-state index contributed by atoms with van der Waals surface area (Å²) in [5.41, 5.74) is -2.07. The molecule has 0 aromatic carbocycles. The number of aliphatic hydroxyl groups excluding tert-OH is 3. The van der Waals surface area contributed by atoms with Crippen LogP contribution in [0.4, 0.5) is 0 Å². The quantitative estimate of drug-likeness (QED) is 0.401. The molecule has 6 aliphatic rings. The molecule has 5 saturated carbocycles. The lowest BCUT2D eigenvalue weighted by molar-refractivity contribution is -0.306. The molecule has 0 amide bonds. The van der Waals surface area contributed by atoms with Crippen LogP contribution in [0.5, 0.6) is 0 Å². The van der Waals surface area contributed by atoms with Gasteiger partial charge in [-0.3, -0.25) is 4.79 Å². The van der Waals surface area contributed by atoms with Gasteiger partial charge in [0.1, 0.15) is 6.10 Å². The van der Waals surface area contributed by atoms with E-state index in [2.05, 4.69) is 48.5 Å². The normalized spacial score (nSPS) is 58.1. The summed E-state index contributed by atoms with van der Waals surface area (Å²) in [6.45, 7) is 17.7. The smallest absolute Gasteiger partial charge is 0.302 e. The number of hydrogen-bond acceptors (Lipinski definition) is 6. The molecule has 216 valence electrons. The minimum absolute atomic E-state index is 0.0788. The second-order valence-electron chi connectivity index (χ2n) is 16.6. The third-order valence-electron chi connectivity index (χ3n) is 14.5. The van der Waals surface area contributed by atoms with Crippen LogP contribution in [0.3, 0.4) is 0 Å².